The molecule has 0 spiro atoms. The molecule has 3 N–H and O–H groups in total. The highest BCUT2D eigenvalue weighted by Gasteiger charge is 2.18. The van der Waals surface area contributed by atoms with Crippen molar-refractivity contribution in [3.63, 3.8) is 0 Å². The average molecular weight is 301 g/mol. The maximum atomic E-state index is 12.0. The number of nitrogens with one attached hydrogen (secondary N) is 1. The molecule has 114 valence electrons. The molecule has 0 saturated heterocycles. The second-order valence-electron chi connectivity index (χ2n) is 5.27. The molecule has 1 aromatic rings. The number of nitrogens with two attached hydrogens (primary N) is 1. The van der Waals surface area contributed by atoms with Gasteiger partial charge in [-0.25, -0.2) is 0 Å². The van der Waals surface area contributed by atoms with E-state index in [0.717, 1.165) is 18.6 Å². The number of benzene rings is 1. The monoisotopic (exact) mass is 300 g/mol. The molecule has 0 aliphatic carbocycles. The summed E-state index contributed by atoms with van der Waals surface area (Å²) in [6.45, 7) is 7.02. The van der Waals surface area contributed by atoms with Crippen LogP contribution in [-0.4, -0.2) is 24.6 Å². The molecule has 0 atom stereocenters. The first-order valence-corrected chi connectivity index (χ1v) is 6.74. The number of hydrogen-bond acceptors (Lipinski definition) is 3. The summed E-state index contributed by atoms with van der Waals surface area (Å²) in [6, 6.07) is 7.17. The zero-order chi connectivity index (χ0) is 14.3. The summed E-state index contributed by atoms with van der Waals surface area (Å²) in [4.78, 5) is 12.0. The molecule has 0 heterocycles. The standard InChI is InChI=1S/C15H24N2O2.ClH/c1-4-5-10-19-13-8-6-12(7-9-13)14(18)17-15(2,3)11-16;/h6-9H,4-5,10-11,16H2,1-3H3,(H,17,18);1H. The van der Waals surface area contributed by atoms with Crippen LogP contribution in [0.4, 0.5) is 0 Å². The van der Waals surface area contributed by atoms with Gasteiger partial charge in [0, 0.05) is 17.6 Å². The van der Waals surface area contributed by atoms with Gasteiger partial charge in [-0.15, -0.1) is 12.4 Å². The van der Waals surface area contributed by atoms with Gasteiger partial charge in [-0.2, -0.15) is 0 Å². The Bertz CT molecular complexity index is 405. The second kappa shape index (κ2) is 8.82. The lowest BCUT2D eigenvalue weighted by Gasteiger charge is -2.24. The van der Waals surface area contributed by atoms with Gasteiger partial charge >= 0.3 is 0 Å². The lowest BCUT2D eigenvalue weighted by Crippen LogP contribution is -2.48. The molecule has 0 fully saturated rings. The zero-order valence-corrected chi connectivity index (χ0v) is 13.3. The Morgan fingerprint density at radius 1 is 1.30 bits per heavy atom. The largest absolute Gasteiger partial charge is 0.494 e. The highest BCUT2D eigenvalue weighted by atomic mass is 35.5. The molecule has 1 aromatic carbocycles. The molecule has 0 radical (unpaired) electrons. The zero-order valence-electron chi connectivity index (χ0n) is 12.4. The Kier molecular flexibility index (Phi) is 8.26. The van der Waals surface area contributed by atoms with Gasteiger partial charge in [-0.05, 0) is 44.5 Å². The van der Waals surface area contributed by atoms with Gasteiger partial charge in [0.25, 0.3) is 5.91 Å². The van der Waals surface area contributed by atoms with Crippen molar-refractivity contribution in [2.75, 3.05) is 13.2 Å². The maximum Gasteiger partial charge on any atom is 0.251 e. The Hall–Kier alpha value is -1.26. The van der Waals surface area contributed by atoms with E-state index >= 15 is 0 Å². The van der Waals surface area contributed by atoms with E-state index in [4.69, 9.17) is 10.5 Å². The van der Waals surface area contributed by atoms with Crippen molar-refractivity contribution in [3.8, 4) is 5.75 Å². The van der Waals surface area contributed by atoms with Gasteiger partial charge in [0.2, 0.25) is 0 Å². The molecule has 0 unspecified atom stereocenters. The Balaban J connectivity index is 0.00000361. The number of rotatable bonds is 7. The van der Waals surface area contributed by atoms with Crippen LogP contribution in [0.15, 0.2) is 24.3 Å². The number of carbonyl (C=O) groups is 1. The fourth-order valence-corrected chi connectivity index (χ4v) is 1.47. The van der Waals surface area contributed by atoms with Crippen LogP contribution in [-0.2, 0) is 0 Å². The van der Waals surface area contributed by atoms with Crippen LogP contribution in [0.2, 0.25) is 0 Å². The van der Waals surface area contributed by atoms with Crippen molar-refractivity contribution in [2.45, 2.75) is 39.2 Å². The van der Waals surface area contributed by atoms with Crippen molar-refractivity contribution in [3.05, 3.63) is 29.8 Å². The van der Waals surface area contributed by atoms with Gasteiger partial charge in [0.1, 0.15) is 5.75 Å². The predicted octanol–water partition coefficient (Wildman–Crippen LogP) is 2.75. The fourth-order valence-electron chi connectivity index (χ4n) is 1.47. The summed E-state index contributed by atoms with van der Waals surface area (Å²) >= 11 is 0. The van der Waals surface area contributed by atoms with E-state index in [0.29, 0.717) is 18.7 Å². The average Bonchev–Trinajstić information content (AvgIpc) is 2.39. The summed E-state index contributed by atoms with van der Waals surface area (Å²) in [6.07, 6.45) is 2.14. The van der Waals surface area contributed by atoms with Gasteiger partial charge in [-0.1, -0.05) is 13.3 Å². The van der Waals surface area contributed by atoms with Gasteiger partial charge in [0.05, 0.1) is 6.61 Å². The molecule has 0 aromatic heterocycles. The molecule has 0 aliphatic rings. The summed E-state index contributed by atoms with van der Waals surface area (Å²) in [5.41, 5.74) is 5.81. The summed E-state index contributed by atoms with van der Waals surface area (Å²) < 4.78 is 5.55. The first-order valence-electron chi connectivity index (χ1n) is 6.74. The highest BCUT2D eigenvalue weighted by molar-refractivity contribution is 5.94. The lowest BCUT2D eigenvalue weighted by molar-refractivity contribution is 0.0915. The molecule has 1 rings (SSSR count). The molecular formula is C15H25ClN2O2. The maximum absolute atomic E-state index is 12.0. The Labute approximate surface area is 127 Å². The topological polar surface area (TPSA) is 64.3 Å². The molecule has 1 amide bonds. The Morgan fingerprint density at radius 3 is 2.40 bits per heavy atom. The minimum atomic E-state index is -0.395. The van der Waals surface area contributed by atoms with Gasteiger partial charge in [0.15, 0.2) is 0 Å². The number of carbonyl (C=O) groups excluding carboxylic acids is 1. The second-order valence-corrected chi connectivity index (χ2v) is 5.27. The minimum absolute atomic E-state index is 0. The van der Waals surface area contributed by atoms with Crippen molar-refractivity contribution in [2.24, 2.45) is 5.73 Å². The summed E-state index contributed by atoms with van der Waals surface area (Å²) in [5.74, 6) is 0.679. The van der Waals surface area contributed by atoms with Crippen molar-refractivity contribution >= 4 is 18.3 Å². The molecule has 0 aliphatic heterocycles. The van der Waals surface area contributed by atoms with Gasteiger partial charge in [-0.3, -0.25) is 4.79 Å². The van der Waals surface area contributed by atoms with Crippen LogP contribution in [0.25, 0.3) is 0 Å². The van der Waals surface area contributed by atoms with Crippen molar-refractivity contribution < 1.29 is 9.53 Å². The predicted molar refractivity (Wildman–Crippen MR) is 84.7 cm³/mol. The van der Waals surface area contributed by atoms with E-state index in [1.807, 2.05) is 26.0 Å². The minimum Gasteiger partial charge on any atom is -0.494 e. The van der Waals surface area contributed by atoms with Crippen molar-refractivity contribution in [1.82, 2.24) is 5.32 Å². The molecule has 4 nitrogen and oxygen atoms in total. The fraction of sp³-hybridized carbons (Fsp3) is 0.533. The third-order valence-corrected chi connectivity index (χ3v) is 2.85. The highest BCUT2D eigenvalue weighted by Crippen LogP contribution is 2.13. The van der Waals surface area contributed by atoms with Crippen LogP contribution in [0.3, 0.4) is 0 Å². The van der Waals surface area contributed by atoms with E-state index in [1.165, 1.54) is 0 Å². The van der Waals surface area contributed by atoms with E-state index in [2.05, 4.69) is 12.2 Å². The molecular weight excluding hydrogens is 276 g/mol. The van der Waals surface area contributed by atoms with Crippen LogP contribution in [0.1, 0.15) is 44.0 Å². The van der Waals surface area contributed by atoms with E-state index in [-0.39, 0.29) is 18.3 Å². The third-order valence-electron chi connectivity index (χ3n) is 2.85. The first kappa shape index (κ1) is 18.7. The van der Waals surface area contributed by atoms with Crippen molar-refractivity contribution in [1.29, 1.82) is 0 Å². The summed E-state index contributed by atoms with van der Waals surface area (Å²) in [5, 5.41) is 2.89. The summed E-state index contributed by atoms with van der Waals surface area (Å²) in [7, 11) is 0. The van der Waals surface area contributed by atoms with Crippen LogP contribution in [0, 0.1) is 0 Å². The van der Waals surface area contributed by atoms with Crippen LogP contribution < -0.4 is 15.8 Å². The van der Waals surface area contributed by atoms with E-state index < -0.39 is 5.54 Å². The smallest absolute Gasteiger partial charge is 0.251 e. The van der Waals surface area contributed by atoms with E-state index in [9.17, 15) is 4.79 Å². The number of amides is 1. The van der Waals surface area contributed by atoms with Gasteiger partial charge < -0.3 is 15.8 Å². The van der Waals surface area contributed by atoms with Crippen LogP contribution >= 0.6 is 12.4 Å². The Morgan fingerprint density at radius 2 is 1.90 bits per heavy atom. The van der Waals surface area contributed by atoms with Crippen LogP contribution in [0.5, 0.6) is 5.75 Å². The normalized spacial score (nSPS) is 10.6. The first-order chi connectivity index (χ1) is 8.98. The molecule has 20 heavy (non-hydrogen) atoms. The number of unbranched alkanes of at least 4 members (excludes halogenated alkanes) is 1. The quantitative estimate of drug-likeness (QED) is 0.761. The molecule has 0 saturated carbocycles. The molecule has 5 heteroatoms. The number of halogens is 1. The third kappa shape index (κ3) is 6.26. The van der Waals surface area contributed by atoms with E-state index in [1.54, 1.807) is 12.1 Å². The lowest BCUT2D eigenvalue weighted by atomic mass is 10.1. The SMILES string of the molecule is CCCCOc1ccc(C(=O)NC(C)(C)CN)cc1.Cl. The number of hydrogen-bond donors (Lipinski definition) is 2. The molecule has 0 bridgehead atoms. The number of ether oxygens (including phenoxy) is 1.